The van der Waals surface area contributed by atoms with Crippen LogP contribution in [0.25, 0.3) is 22.7 Å². The summed E-state index contributed by atoms with van der Waals surface area (Å²) in [4.78, 5) is 13.3. The van der Waals surface area contributed by atoms with E-state index < -0.39 is 0 Å². The van der Waals surface area contributed by atoms with Crippen LogP contribution in [0.1, 0.15) is 21.5 Å². The van der Waals surface area contributed by atoms with Crippen molar-refractivity contribution in [2.45, 2.75) is 6.92 Å². The molecular formula is C22H17N3O. The maximum atomic E-state index is 13.3. The lowest BCUT2D eigenvalue weighted by atomic mass is 10.0. The number of nitrogens with zero attached hydrogens (tertiary/aromatic N) is 3. The zero-order valence-corrected chi connectivity index (χ0v) is 14.3. The van der Waals surface area contributed by atoms with Crippen LogP contribution in [0.5, 0.6) is 0 Å². The molecule has 4 aromatic rings. The standard InChI is InChI=1S/C22H17N3O/c1-16-12-13-20-21(14-16)25(24-23-20)22(26)19(18-10-6-3-7-11-18)15-17-8-4-2-5-9-17/h2-15H,1H3/b19-15+. The molecule has 4 rings (SSSR count). The van der Waals surface area contributed by atoms with Crippen LogP contribution in [-0.4, -0.2) is 20.9 Å². The molecule has 0 aliphatic rings. The third-order valence-corrected chi connectivity index (χ3v) is 4.22. The Kier molecular flexibility index (Phi) is 4.15. The van der Waals surface area contributed by atoms with Gasteiger partial charge in [-0.25, -0.2) is 0 Å². The summed E-state index contributed by atoms with van der Waals surface area (Å²) in [5.41, 5.74) is 4.85. The van der Waals surface area contributed by atoms with E-state index in [0.29, 0.717) is 16.6 Å². The molecule has 0 saturated heterocycles. The second kappa shape index (κ2) is 6.76. The Labute approximate surface area is 151 Å². The molecule has 0 N–H and O–H groups in total. The normalized spacial score (nSPS) is 11.7. The van der Waals surface area contributed by atoms with Crippen LogP contribution in [0.4, 0.5) is 0 Å². The largest absolute Gasteiger partial charge is 0.280 e. The molecule has 0 saturated carbocycles. The van der Waals surface area contributed by atoms with Gasteiger partial charge in [0, 0.05) is 5.57 Å². The predicted molar refractivity (Wildman–Crippen MR) is 104 cm³/mol. The molecule has 126 valence electrons. The number of rotatable bonds is 3. The van der Waals surface area contributed by atoms with Gasteiger partial charge in [-0.15, -0.1) is 5.10 Å². The van der Waals surface area contributed by atoms with Crippen molar-refractivity contribution in [3.8, 4) is 0 Å². The Balaban J connectivity index is 1.87. The van der Waals surface area contributed by atoms with Gasteiger partial charge < -0.3 is 0 Å². The fourth-order valence-electron chi connectivity index (χ4n) is 2.90. The first-order valence-electron chi connectivity index (χ1n) is 8.41. The molecule has 4 heteroatoms. The zero-order chi connectivity index (χ0) is 17.9. The van der Waals surface area contributed by atoms with Gasteiger partial charge in [0.25, 0.3) is 5.91 Å². The van der Waals surface area contributed by atoms with Crippen molar-refractivity contribution in [3.05, 3.63) is 95.6 Å². The second-order valence-electron chi connectivity index (χ2n) is 6.13. The van der Waals surface area contributed by atoms with E-state index in [1.54, 1.807) is 0 Å². The maximum Gasteiger partial charge on any atom is 0.280 e. The van der Waals surface area contributed by atoms with Gasteiger partial charge >= 0.3 is 0 Å². The minimum absolute atomic E-state index is 0.201. The lowest BCUT2D eigenvalue weighted by Crippen LogP contribution is -2.14. The van der Waals surface area contributed by atoms with Gasteiger partial charge in [-0.05, 0) is 41.8 Å². The van der Waals surface area contributed by atoms with E-state index in [2.05, 4.69) is 10.3 Å². The van der Waals surface area contributed by atoms with Crippen LogP contribution < -0.4 is 0 Å². The monoisotopic (exact) mass is 339 g/mol. The Morgan fingerprint density at radius 1 is 0.923 bits per heavy atom. The summed E-state index contributed by atoms with van der Waals surface area (Å²) in [6.07, 6.45) is 1.89. The third-order valence-electron chi connectivity index (χ3n) is 4.22. The van der Waals surface area contributed by atoms with Crippen molar-refractivity contribution in [1.29, 1.82) is 0 Å². The molecule has 0 unspecified atom stereocenters. The molecule has 0 bridgehead atoms. The number of hydrogen-bond donors (Lipinski definition) is 0. The molecule has 0 radical (unpaired) electrons. The minimum Gasteiger partial charge on any atom is -0.267 e. The number of carbonyl (C=O) groups excluding carboxylic acids is 1. The molecule has 4 nitrogen and oxygen atoms in total. The highest BCUT2D eigenvalue weighted by Crippen LogP contribution is 2.22. The van der Waals surface area contributed by atoms with Gasteiger partial charge in [0.05, 0.1) is 5.52 Å². The van der Waals surface area contributed by atoms with E-state index in [1.807, 2.05) is 91.9 Å². The van der Waals surface area contributed by atoms with Crippen LogP contribution in [-0.2, 0) is 0 Å². The fourth-order valence-corrected chi connectivity index (χ4v) is 2.90. The first-order chi connectivity index (χ1) is 12.7. The van der Waals surface area contributed by atoms with Crippen molar-refractivity contribution in [1.82, 2.24) is 15.0 Å². The van der Waals surface area contributed by atoms with Crippen molar-refractivity contribution < 1.29 is 4.79 Å². The van der Waals surface area contributed by atoms with Crippen LogP contribution in [0, 0.1) is 6.92 Å². The highest BCUT2D eigenvalue weighted by Gasteiger charge is 2.18. The number of aryl methyl sites for hydroxylation is 1. The van der Waals surface area contributed by atoms with Crippen LogP contribution in [0.15, 0.2) is 78.9 Å². The topological polar surface area (TPSA) is 47.8 Å². The minimum atomic E-state index is -0.201. The zero-order valence-electron chi connectivity index (χ0n) is 14.3. The number of carbonyl (C=O) groups is 1. The van der Waals surface area contributed by atoms with Gasteiger partial charge in [0.15, 0.2) is 0 Å². The molecule has 0 atom stereocenters. The van der Waals surface area contributed by atoms with Crippen LogP contribution in [0.2, 0.25) is 0 Å². The summed E-state index contributed by atoms with van der Waals surface area (Å²) in [6, 6.07) is 25.2. The Morgan fingerprint density at radius 3 is 2.35 bits per heavy atom. The Bertz CT molecular complexity index is 1100. The summed E-state index contributed by atoms with van der Waals surface area (Å²) >= 11 is 0. The number of hydrogen-bond acceptors (Lipinski definition) is 3. The third kappa shape index (κ3) is 3.05. The lowest BCUT2D eigenvalue weighted by molar-refractivity contribution is 0.0969. The predicted octanol–water partition coefficient (Wildman–Crippen LogP) is 4.62. The van der Waals surface area contributed by atoms with E-state index in [1.165, 1.54) is 4.68 Å². The summed E-state index contributed by atoms with van der Waals surface area (Å²) in [5.74, 6) is -0.201. The fraction of sp³-hybridized carbons (Fsp3) is 0.0455. The van der Waals surface area contributed by atoms with Gasteiger partial charge in [-0.3, -0.25) is 4.79 Å². The average molecular weight is 339 g/mol. The lowest BCUT2D eigenvalue weighted by Gasteiger charge is -2.08. The molecule has 1 heterocycles. The molecular weight excluding hydrogens is 322 g/mol. The van der Waals surface area contributed by atoms with E-state index in [4.69, 9.17) is 0 Å². The van der Waals surface area contributed by atoms with Crippen molar-refractivity contribution in [3.63, 3.8) is 0 Å². The first kappa shape index (κ1) is 16.0. The molecule has 0 amide bonds. The quantitative estimate of drug-likeness (QED) is 0.404. The molecule has 0 spiro atoms. The Morgan fingerprint density at radius 2 is 1.62 bits per heavy atom. The summed E-state index contributed by atoms with van der Waals surface area (Å²) in [7, 11) is 0. The Hall–Kier alpha value is -3.53. The van der Waals surface area contributed by atoms with E-state index in [0.717, 1.165) is 16.7 Å². The summed E-state index contributed by atoms with van der Waals surface area (Å²) < 4.78 is 1.38. The molecule has 0 aliphatic carbocycles. The number of allylic oxidation sites excluding steroid dienone is 1. The molecule has 0 aliphatic heterocycles. The van der Waals surface area contributed by atoms with Crippen LogP contribution in [0.3, 0.4) is 0 Å². The molecule has 26 heavy (non-hydrogen) atoms. The first-order valence-corrected chi connectivity index (χ1v) is 8.41. The second-order valence-corrected chi connectivity index (χ2v) is 6.13. The molecule has 1 aromatic heterocycles. The number of fused-ring (bicyclic) bond motifs is 1. The van der Waals surface area contributed by atoms with Crippen LogP contribution >= 0.6 is 0 Å². The summed E-state index contributed by atoms with van der Waals surface area (Å²) in [5, 5.41) is 8.23. The maximum absolute atomic E-state index is 13.3. The average Bonchev–Trinajstić information content (AvgIpc) is 3.10. The smallest absolute Gasteiger partial charge is 0.267 e. The van der Waals surface area contributed by atoms with Crippen molar-refractivity contribution in [2.75, 3.05) is 0 Å². The van der Waals surface area contributed by atoms with E-state index >= 15 is 0 Å². The van der Waals surface area contributed by atoms with E-state index in [9.17, 15) is 4.79 Å². The molecule has 0 fully saturated rings. The van der Waals surface area contributed by atoms with Crippen molar-refractivity contribution >= 4 is 28.6 Å². The molecule has 3 aromatic carbocycles. The van der Waals surface area contributed by atoms with Crippen molar-refractivity contribution in [2.24, 2.45) is 0 Å². The number of aromatic nitrogens is 3. The SMILES string of the molecule is Cc1ccc2nnn(C(=O)/C(=C/c3ccccc3)c3ccccc3)c2c1. The summed E-state index contributed by atoms with van der Waals surface area (Å²) in [6.45, 7) is 1.99. The van der Waals surface area contributed by atoms with Gasteiger partial charge in [0.2, 0.25) is 0 Å². The van der Waals surface area contributed by atoms with Gasteiger partial charge in [0.1, 0.15) is 5.52 Å². The highest BCUT2D eigenvalue weighted by molar-refractivity contribution is 6.26. The van der Waals surface area contributed by atoms with Gasteiger partial charge in [-0.2, -0.15) is 4.68 Å². The van der Waals surface area contributed by atoms with Gasteiger partial charge in [-0.1, -0.05) is 71.9 Å². The highest BCUT2D eigenvalue weighted by atomic mass is 16.2. The van der Waals surface area contributed by atoms with E-state index in [-0.39, 0.29) is 5.91 Å². The number of benzene rings is 3.